The topological polar surface area (TPSA) is 66.4 Å². The van der Waals surface area contributed by atoms with Gasteiger partial charge in [-0.25, -0.2) is 0 Å². The lowest BCUT2D eigenvalue weighted by Gasteiger charge is -2.11. The van der Waals surface area contributed by atoms with Crippen molar-refractivity contribution >= 4 is 41.1 Å². The predicted octanol–water partition coefficient (Wildman–Crippen LogP) is 6.46. The summed E-state index contributed by atoms with van der Waals surface area (Å²) in [5, 5.41) is 11.7. The fourth-order valence-corrected chi connectivity index (χ4v) is 4.69. The molecule has 0 bridgehead atoms. The normalized spacial score (nSPS) is 10.6. The molecular weight excluding hydrogens is 426 g/mol. The van der Waals surface area contributed by atoms with E-state index in [1.165, 1.54) is 9.79 Å². The van der Waals surface area contributed by atoms with Crippen molar-refractivity contribution in [3.05, 3.63) is 90.0 Å². The molecule has 3 aromatic carbocycles. The van der Waals surface area contributed by atoms with Crippen molar-refractivity contribution in [2.24, 2.45) is 0 Å². The van der Waals surface area contributed by atoms with Crippen molar-refractivity contribution in [3.8, 4) is 0 Å². The van der Waals surface area contributed by atoms with E-state index >= 15 is 0 Å². The van der Waals surface area contributed by atoms with E-state index in [1.807, 2.05) is 48.5 Å². The molecule has 2 N–H and O–H groups in total. The number of hydrogen-bond donors (Lipinski definition) is 2. The van der Waals surface area contributed by atoms with Crippen LogP contribution in [-0.4, -0.2) is 17.0 Å². The number of carbonyl (C=O) groups is 2. The Balaban J connectivity index is 1.69. The molecule has 3 aromatic rings. The van der Waals surface area contributed by atoms with Gasteiger partial charge in [0.2, 0.25) is 5.91 Å². The first-order valence-corrected chi connectivity index (χ1v) is 12.1. The molecule has 0 spiro atoms. The lowest BCUT2D eigenvalue weighted by Crippen LogP contribution is -2.12. The van der Waals surface area contributed by atoms with Gasteiger partial charge < -0.3 is 10.4 Å². The number of amides is 1. The molecule has 0 fully saturated rings. The summed E-state index contributed by atoms with van der Waals surface area (Å²) in [6.07, 6.45) is 0.533. The highest BCUT2D eigenvalue weighted by Crippen LogP contribution is 2.28. The predicted molar refractivity (Wildman–Crippen MR) is 129 cm³/mol. The summed E-state index contributed by atoms with van der Waals surface area (Å²) in [6.45, 7) is 0. The van der Waals surface area contributed by atoms with Crippen LogP contribution in [0, 0.1) is 0 Å². The lowest BCUT2D eigenvalue weighted by atomic mass is 10.1. The minimum Gasteiger partial charge on any atom is -0.481 e. The van der Waals surface area contributed by atoms with Gasteiger partial charge in [0.15, 0.2) is 0 Å². The fraction of sp³-hybridized carbons (Fsp3) is 0.200. The van der Waals surface area contributed by atoms with Gasteiger partial charge in [0.05, 0.1) is 0 Å². The zero-order valence-corrected chi connectivity index (χ0v) is 18.8. The van der Waals surface area contributed by atoms with Crippen LogP contribution in [-0.2, 0) is 21.1 Å². The number of carboxylic acid groups (broad SMARTS) is 1. The molecule has 4 nitrogen and oxygen atoms in total. The Kier molecular flexibility index (Phi) is 9.06. The highest BCUT2D eigenvalue weighted by Gasteiger charge is 2.08. The van der Waals surface area contributed by atoms with Crippen molar-refractivity contribution in [1.29, 1.82) is 0 Å². The monoisotopic (exact) mass is 451 g/mol. The van der Waals surface area contributed by atoms with E-state index in [0.29, 0.717) is 6.42 Å². The van der Waals surface area contributed by atoms with Crippen molar-refractivity contribution < 1.29 is 14.7 Å². The van der Waals surface area contributed by atoms with Gasteiger partial charge in [0.1, 0.15) is 0 Å². The Morgan fingerprint density at radius 1 is 0.742 bits per heavy atom. The van der Waals surface area contributed by atoms with Crippen LogP contribution in [0.25, 0.3) is 0 Å². The van der Waals surface area contributed by atoms with E-state index in [9.17, 15) is 9.59 Å². The maximum atomic E-state index is 12.3. The van der Waals surface area contributed by atoms with E-state index in [1.54, 1.807) is 23.5 Å². The van der Waals surface area contributed by atoms with Crippen molar-refractivity contribution in [1.82, 2.24) is 0 Å². The van der Waals surface area contributed by atoms with Gasteiger partial charge in [-0.3, -0.25) is 9.59 Å². The Hall–Kier alpha value is -2.70. The van der Waals surface area contributed by atoms with Gasteiger partial charge in [-0.1, -0.05) is 42.5 Å². The molecule has 6 heteroatoms. The highest BCUT2D eigenvalue weighted by molar-refractivity contribution is 7.98. The molecule has 0 unspecified atom stereocenters. The van der Waals surface area contributed by atoms with Crippen LogP contribution in [0.3, 0.4) is 0 Å². The first kappa shape index (κ1) is 23.0. The maximum absolute atomic E-state index is 12.3. The molecule has 0 saturated heterocycles. The van der Waals surface area contributed by atoms with Gasteiger partial charge in [-0.15, -0.1) is 23.5 Å². The molecule has 3 rings (SSSR count). The van der Waals surface area contributed by atoms with Crippen LogP contribution in [0.15, 0.2) is 88.7 Å². The average molecular weight is 452 g/mol. The Morgan fingerprint density at radius 2 is 1.26 bits per heavy atom. The Morgan fingerprint density at radius 3 is 1.74 bits per heavy atom. The molecule has 0 atom stereocenters. The summed E-state index contributed by atoms with van der Waals surface area (Å²) in [7, 11) is 0. The first-order chi connectivity index (χ1) is 15.1. The van der Waals surface area contributed by atoms with Crippen LogP contribution < -0.4 is 5.32 Å². The molecule has 0 aliphatic rings. The van der Waals surface area contributed by atoms with E-state index < -0.39 is 5.97 Å². The Bertz CT molecular complexity index is 932. The van der Waals surface area contributed by atoms with Crippen LogP contribution in [0.2, 0.25) is 0 Å². The summed E-state index contributed by atoms with van der Waals surface area (Å²) in [5.41, 5.74) is 3.04. The number of nitrogens with one attached hydrogen (secondary N) is 1. The molecule has 0 aliphatic carbocycles. The van der Waals surface area contributed by atoms with Gasteiger partial charge >= 0.3 is 5.97 Å². The minimum atomic E-state index is -0.882. The second kappa shape index (κ2) is 12.2. The quantitative estimate of drug-likeness (QED) is 0.327. The van der Waals surface area contributed by atoms with E-state index in [-0.39, 0.29) is 18.7 Å². The largest absolute Gasteiger partial charge is 0.481 e. The minimum absolute atomic E-state index is 0.000140. The zero-order chi connectivity index (χ0) is 21.9. The number of benzene rings is 3. The van der Waals surface area contributed by atoms with Crippen LogP contribution >= 0.6 is 23.5 Å². The van der Waals surface area contributed by atoms with E-state index in [4.69, 9.17) is 5.11 Å². The second-order valence-electron chi connectivity index (χ2n) is 7.04. The molecule has 0 saturated carbocycles. The smallest absolute Gasteiger partial charge is 0.303 e. The maximum Gasteiger partial charge on any atom is 0.303 e. The van der Waals surface area contributed by atoms with Crippen LogP contribution in [0.5, 0.6) is 0 Å². The van der Waals surface area contributed by atoms with Crippen molar-refractivity contribution in [2.45, 2.75) is 40.6 Å². The number of hydrogen-bond acceptors (Lipinski definition) is 4. The molecule has 0 aliphatic heterocycles. The van der Waals surface area contributed by atoms with Gasteiger partial charge in [-0.05, 0) is 53.9 Å². The standard InChI is InChI=1S/C25H25NO3S2/c27-24(12-7-13-25(28)29)26-21-15-19(17-30-22-8-3-1-4-9-22)14-20(16-21)18-31-23-10-5-2-6-11-23/h1-6,8-11,14-16H,7,12-13,17-18H2,(H,26,27)(H,28,29). The molecule has 0 radical (unpaired) electrons. The first-order valence-electron chi connectivity index (χ1n) is 10.1. The zero-order valence-electron chi connectivity index (χ0n) is 17.1. The average Bonchev–Trinajstić information content (AvgIpc) is 2.77. The van der Waals surface area contributed by atoms with Crippen molar-refractivity contribution in [2.75, 3.05) is 5.32 Å². The van der Waals surface area contributed by atoms with Crippen molar-refractivity contribution in [3.63, 3.8) is 0 Å². The SMILES string of the molecule is O=C(O)CCCC(=O)Nc1cc(CSc2ccccc2)cc(CSc2ccccc2)c1. The molecule has 160 valence electrons. The summed E-state index contributed by atoms with van der Waals surface area (Å²) in [6, 6.07) is 26.7. The number of anilines is 1. The van der Waals surface area contributed by atoms with Gasteiger partial charge in [-0.2, -0.15) is 0 Å². The number of carbonyl (C=O) groups excluding carboxylic acids is 1. The summed E-state index contributed by atoms with van der Waals surface area (Å²) in [4.78, 5) is 25.3. The molecular formula is C25H25NO3S2. The third-order valence-corrected chi connectivity index (χ3v) is 6.59. The summed E-state index contributed by atoms with van der Waals surface area (Å²) >= 11 is 3.51. The van der Waals surface area contributed by atoms with Crippen LogP contribution in [0.1, 0.15) is 30.4 Å². The third-order valence-electron chi connectivity index (χ3n) is 4.43. The number of rotatable bonds is 11. The lowest BCUT2D eigenvalue weighted by molar-refractivity contribution is -0.137. The molecule has 0 heterocycles. The third kappa shape index (κ3) is 8.52. The summed E-state index contributed by atoms with van der Waals surface area (Å²) < 4.78 is 0. The second-order valence-corrected chi connectivity index (χ2v) is 9.13. The number of aliphatic carboxylic acids is 1. The molecule has 1 amide bonds. The van der Waals surface area contributed by atoms with E-state index in [0.717, 1.165) is 28.3 Å². The van der Waals surface area contributed by atoms with Gasteiger partial charge in [0.25, 0.3) is 0 Å². The van der Waals surface area contributed by atoms with Gasteiger partial charge in [0, 0.05) is 39.8 Å². The number of thioether (sulfide) groups is 2. The van der Waals surface area contributed by atoms with E-state index in [2.05, 4.69) is 35.6 Å². The van der Waals surface area contributed by atoms with Crippen LogP contribution in [0.4, 0.5) is 5.69 Å². The summed E-state index contributed by atoms with van der Waals surface area (Å²) in [5.74, 6) is 0.564. The fourth-order valence-electron chi connectivity index (χ4n) is 2.99. The highest BCUT2D eigenvalue weighted by atomic mass is 32.2. The molecule has 0 aromatic heterocycles. The molecule has 31 heavy (non-hydrogen) atoms. The number of carboxylic acids is 1. The Labute approximate surface area is 191 Å².